The number of hydrogen-bond acceptors (Lipinski definition) is 5. The fraction of sp³-hybridized carbons (Fsp3) is 0.588. The van der Waals surface area contributed by atoms with Crippen LogP contribution in [0.1, 0.15) is 25.0 Å². The first-order chi connectivity index (χ1) is 11.8. The van der Waals surface area contributed by atoms with Crippen LogP contribution >= 0.6 is 0 Å². The van der Waals surface area contributed by atoms with Crippen molar-refractivity contribution in [3.8, 4) is 5.75 Å². The zero-order valence-electron chi connectivity index (χ0n) is 15.2. The van der Waals surface area contributed by atoms with Crippen molar-refractivity contribution in [3.05, 3.63) is 23.3 Å². The first kappa shape index (κ1) is 19.5. The highest BCUT2D eigenvalue weighted by atomic mass is 32.2. The zero-order valence-corrected chi connectivity index (χ0v) is 16.1. The van der Waals surface area contributed by atoms with Crippen LogP contribution in [0, 0.1) is 13.8 Å². The second-order valence-corrected chi connectivity index (χ2v) is 7.81. The van der Waals surface area contributed by atoms with E-state index in [0.717, 1.165) is 11.1 Å². The van der Waals surface area contributed by atoms with Gasteiger partial charge in [-0.2, -0.15) is 4.31 Å². The number of nitrogens with zero attached hydrogens (tertiary/aromatic N) is 2. The normalized spacial score (nSPS) is 15.9. The van der Waals surface area contributed by atoms with Gasteiger partial charge in [-0.05, 0) is 51.0 Å². The molecule has 8 heteroatoms. The van der Waals surface area contributed by atoms with Crippen molar-refractivity contribution in [1.29, 1.82) is 0 Å². The van der Waals surface area contributed by atoms with E-state index in [1.54, 1.807) is 19.1 Å². The Bertz CT molecular complexity index is 725. The molecule has 0 saturated carbocycles. The number of piperazine rings is 1. The third-order valence-electron chi connectivity index (χ3n) is 4.24. The number of aryl methyl sites for hydroxylation is 2. The smallest absolute Gasteiger partial charge is 0.409 e. The molecule has 1 aromatic rings. The Morgan fingerprint density at radius 2 is 1.64 bits per heavy atom. The molecule has 1 aromatic carbocycles. The summed E-state index contributed by atoms with van der Waals surface area (Å²) in [5, 5.41) is 0. The van der Waals surface area contributed by atoms with Crippen molar-refractivity contribution in [2.45, 2.75) is 32.6 Å². The lowest BCUT2D eigenvalue weighted by atomic mass is 10.1. The van der Waals surface area contributed by atoms with Gasteiger partial charge in [0.05, 0.1) is 13.2 Å². The van der Waals surface area contributed by atoms with Gasteiger partial charge in [0, 0.05) is 26.2 Å². The summed E-state index contributed by atoms with van der Waals surface area (Å²) in [6.45, 7) is 9.16. The van der Waals surface area contributed by atoms with Crippen LogP contribution in [0.5, 0.6) is 5.75 Å². The Labute approximate surface area is 149 Å². The summed E-state index contributed by atoms with van der Waals surface area (Å²) < 4.78 is 38.0. The van der Waals surface area contributed by atoms with E-state index in [4.69, 9.17) is 9.47 Å². The van der Waals surface area contributed by atoms with E-state index in [1.165, 1.54) is 9.21 Å². The molecule has 0 atom stereocenters. The number of carbonyl (C=O) groups is 1. The van der Waals surface area contributed by atoms with E-state index in [1.807, 2.05) is 20.8 Å². The molecule has 7 nitrogen and oxygen atoms in total. The highest BCUT2D eigenvalue weighted by Gasteiger charge is 2.32. The average Bonchev–Trinajstić information content (AvgIpc) is 2.58. The Kier molecular flexibility index (Phi) is 6.29. The summed E-state index contributed by atoms with van der Waals surface area (Å²) in [6.07, 6.45) is -0.402. The number of carbonyl (C=O) groups excluding carboxylic acids is 1. The van der Waals surface area contributed by atoms with Crippen LogP contribution in [0.3, 0.4) is 0 Å². The summed E-state index contributed by atoms with van der Waals surface area (Å²) in [7, 11) is -3.69. The maximum absolute atomic E-state index is 13.1. The zero-order chi connectivity index (χ0) is 18.6. The number of amides is 1. The second kappa shape index (κ2) is 8.05. The van der Waals surface area contributed by atoms with E-state index < -0.39 is 16.1 Å². The highest BCUT2D eigenvalue weighted by molar-refractivity contribution is 7.89. The lowest BCUT2D eigenvalue weighted by molar-refractivity contribution is 0.0933. The Hall–Kier alpha value is -1.80. The summed E-state index contributed by atoms with van der Waals surface area (Å²) in [5.41, 5.74) is 1.88. The summed E-state index contributed by atoms with van der Waals surface area (Å²) in [5.74, 6) is 0.374. The Morgan fingerprint density at radius 3 is 2.20 bits per heavy atom. The molecule has 0 N–H and O–H groups in total. The minimum Gasteiger partial charge on any atom is -0.492 e. The van der Waals surface area contributed by atoms with E-state index in [0.29, 0.717) is 32.1 Å². The number of sulfonamides is 1. The molecule has 1 heterocycles. The maximum atomic E-state index is 13.1. The number of rotatable bonds is 5. The van der Waals surface area contributed by atoms with E-state index >= 15 is 0 Å². The fourth-order valence-electron chi connectivity index (χ4n) is 2.70. The van der Waals surface area contributed by atoms with E-state index in [2.05, 4.69) is 0 Å². The van der Waals surface area contributed by atoms with Crippen molar-refractivity contribution in [1.82, 2.24) is 9.21 Å². The van der Waals surface area contributed by atoms with Crippen molar-refractivity contribution >= 4 is 16.1 Å². The molecule has 0 spiro atoms. The first-order valence-electron chi connectivity index (χ1n) is 8.47. The lowest BCUT2D eigenvalue weighted by Crippen LogP contribution is -2.50. The van der Waals surface area contributed by atoms with Crippen LogP contribution in [-0.2, 0) is 14.8 Å². The molecule has 1 amide bonds. The standard InChI is InChI=1S/C17H26N2O5S/c1-5-23-15-11-13(3)14(4)12-16(15)25(21,22)19-9-7-18(8-10-19)17(20)24-6-2/h11-12H,5-10H2,1-4H3. The monoisotopic (exact) mass is 370 g/mol. The van der Waals surface area contributed by atoms with Crippen LogP contribution in [0.2, 0.25) is 0 Å². The fourth-order valence-corrected chi connectivity index (χ4v) is 4.32. The molecule has 140 valence electrons. The van der Waals surface area contributed by atoms with Gasteiger partial charge < -0.3 is 14.4 Å². The summed E-state index contributed by atoms with van der Waals surface area (Å²) in [6, 6.07) is 3.42. The van der Waals surface area contributed by atoms with Gasteiger partial charge in [0.1, 0.15) is 10.6 Å². The second-order valence-electron chi connectivity index (χ2n) is 5.91. The predicted octanol–water partition coefficient (Wildman–Crippen LogP) is 2.16. The number of benzene rings is 1. The van der Waals surface area contributed by atoms with Gasteiger partial charge in [0.15, 0.2) is 0 Å². The van der Waals surface area contributed by atoms with Crippen LogP contribution in [0.4, 0.5) is 4.79 Å². The Morgan fingerprint density at radius 1 is 1.04 bits per heavy atom. The van der Waals surface area contributed by atoms with Crippen LogP contribution in [-0.4, -0.2) is 63.1 Å². The predicted molar refractivity (Wildman–Crippen MR) is 94.4 cm³/mol. The molecule has 0 radical (unpaired) electrons. The molecule has 2 rings (SSSR count). The van der Waals surface area contributed by atoms with Crippen molar-refractivity contribution < 1.29 is 22.7 Å². The van der Waals surface area contributed by atoms with Gasteiger partial charge in [-0.25, -0.2) is 13.2 Å². The first-order valence-corrected chi connectivity index (χ1v) is 9.91. The van der Waals surface area contributed by atoms with Gasteiger partial charge in [0.25, 0.3) is 0 Å². The van der Waals surface area contributed by atoms with Crippen molar-refractivity contribution in [2.24, 2.45) is 0 Å². The van der Waals surface area contributed by atoms with Gasteiger partial charge >= 0.3 is 6.09 Å². The van der Waals surface area contributed by atoms with Crippen LogP contribution < -0.4 is 4.74 Å². The topological polar surface area (TPSA) is 76.2 Å². The van der Waals surface area contributed by atoms with Gasteiger partial charge in [0.2, 0.25) is 10.0 Å². The molecule has 0 bridgehead atoms. The third kappa shape index (κ3) is 4.24. The highest BCUT2D eigenvalue weighted by Crippen LogP contribution is 2.30. The van der Waals surface area contributed by atoms with E-state index in [-0.39, 0.29) is 18.0 Å². The summed E-state index contributed by atoms with van der Waals surface area (Å²) >= 11 is 0. The molecule has 1 aliphatic heterocycles. The SMILES string of the molecule is CCOC(=O)N1CCN(S(=O)(=O)c2cc(C)c(C)cc2OCC)CC1. The van der Waals surface area contributed by atoms with Gasteiger partial charge in [-0.1, -0.05) is 0 Å². The average molecular weight is 370 g/mol. The quantitative estimate of drug-likeness (QED) is 0.794. The van der Waals surface area contributed by atoms with Crippen LogP contribution in [0.25, 0.3) is 0 Å². The lowest BCUT2D eigenvalue weighted by Gasteiger charge is -2.33. The minimum atomic E-state index is -3.69. The molecule has 1 saturated heterocycles. The summed E-state index contributed by atoms with van der Waals surface area (Å²) in [4.78, 5) is 13.5. The number of ether oxygens (including phenoxy) is 2. The molecule has 1 fully saturated rings. The van der Waals surface area contributed by atoms with Crippen LogP contribution in [0.15, 0.2) is 17.0 Å². The molecular weight excluding hydrogens is 344 g/mol. The molecular formula is C17H26N2O5S. The van der Waals surface area contributed by atoms with Crippen molar-refractivity contribution in [2.75, 3.05) is 39.4 Å². The van der Waals surface area contributed by atoms with Gasteiger partial charge in [-0.15, -0.1) is 0 Å². The van der Waals surface area contributed by atoms with Gasteiger partial charge in [-0.3, -0.25) is 0 Å². The molecule has 25 heavy (non-hydrogen) atoms. The molecule has 0 unspecified atom stereocenters. The number of hydrogen-bond donors (Lipinski definition) is 0. The molecule has 0 aliphatic carbocycles. The molecule has 0 aromatic heterocycles. The largest absolute Gasteiger partial charge is 0.492 e. The minimum absolute atomic E-state index is 0.182. The Balaban J connectivity index is 2.23. The van der Waals surface area contributed by atoms with Crippen molar-refractivity contribution in [3.63, 3.8) is 0 Å². The third-order valence-corrected chi connectivity index (χ3v) is 6.16. The van der Waals surface area contributed by atoms with E-state index in [9.17, 15) is 13.2 Å². The maximum Gasteiger partial charge on any atom is 0.409 e. The molecule has 1 aliphatic rings.